The minimum Gasteiger partial charge on any atom is -0.478 e. The molecule has 0 aromatic carbocycles. The van der Waals surface area contributed by atoms with Gasteiger partial charge in [0.2, 0.25) is 0 Å². The lowest BCUT2D eigenvalue weighted by molar-refractivity contribution is -0.134. The Morgan fingerprint density at radius 1 is 1.40 bits per heavy atom. The second-order valence-electron chi connectivity index (χ2n) is 5.12. The van der Waals surface area contributed by atoms with Crippen molar-refractivity contribution < 1.29 is 23.5 Å². The molecule has 1 aliphatic carbocycles. The smallest absolute Gasteiger partial charge is 0.340 e. The lowest BCUT2D eigenvalue weighted by Crippen LogP contribution is -2.43. The average Bonchev–Trinajstić information content (AvgIpc) is 3.33. The highest BCUT2D eigenvalue weighted by atomic mass is 31.0. The van der Waals surface area contributed by atoms with Crippen LogP contribution in [-0.4, -0.2) is 46.8 Å². The van der Waals surface area contributed by atoms with Gasteiger partial charge in [-0.1, -0.05) is 26.6 Å². The number of hydrogen-bond donors (Lipinski definition) is 2. The quantitative estimate of drug-likeness (QED) is 0.572. The summed E-state index contributed by atoms with van der Waals surface area (Å²) in [5, 5.41) is 9.12. The van der Waals surface area contributed by atoms with Crippen LogP contribution in [-0.2, 0) is 9.59 Å². The zero-order chi connectivity index (χ0) is 19.7. The number of carboxylic acids is 1. The van der Waals surface area contributed by atoms with Gasteiger partial charge in [-0.05, 0) is 18.6 Å². The number of Topliss-reactive ketones (excluding diaryl/α,β-unsaturated/α-hetero) is 1. The third kappa shape index (κ3) is 6.33. The Morgan fingerprint density at radius 2 is 1.92 bits per heavy atom. The number of carboxylic acid groups (broad SMARTS) is 1. The highest BCUT2D eigenvalue weighted by Crippen LogP contribution is 2.34. The number of nitrogens with two attached hydrogens (primary N) is 1. The fourth-order valence-corrected chi connectivity index (χ4v) is 2.11. The van der Waals surface area contributed by atoms with Gasteiger partial charge >= 0.3 is 5.97 Å². The van der Waals surface area contributed by atoms with Crippen LogP contribution in [0.3, 0.4) is 0 Å². The molecule has 1 heterocycles. The number of rotatable bonds is 2. The van der Waals surface area contributed by atoms with E-state index < -0.39 is 41.5 Å². The van der Waals surface area contributed by atoms with E-state index >= 15 is 0 Å². The number of ketones is 1. The SMILES string of the molecule is C/C1=C(F)/C=C\CC(=O)/C(C(=O)O)=C\N(C2CC2F)[C@@H]1N.CC.CP. The van der Waals surface area contributed by atoms with Crippen LogP contribution in [0.1, 0.15) is 33.6 Å². The van der Waals surface area contributed by atoms with Crippen molar-refractivity contribution in [2.45, 2.75) is 52.0 Å². The molecule has 3 N–H and O–H groups in total. The maximum absolute atomic E-state index is 13.9. The van der Waals surface area contributed by atoms with Crippen molar-refractivity contribution >= 4 is 21.0 Å². The summed E-state index contributed by atoms with van der Waals surface area (Å²) >= 11 is 0. The van der Waals surface area contributed by atoms with Crippen LogP contribution in [0.4, 0.5) is 8.78 Å². The standard InChI is InChI=1S/C14H16F2N2O3.C2H6.CH5P/c1-7-9(15)3-2-4-12(19)8(14(20)21)6-18(13(7)17)11-5-10(11)16;2*1-2/h2-3,6,10-11,13H,4-5,17H2,1H3,(H,20,21);1-2H3;2H2,1H3/b3-2-,8-6+,9-7+;;/t10?,11?,13-;;/m0../s1. The van der Waals surface area contributed by atoms with E-state index in [1.165, 1.54) is 17.9 Å². The number of carbonyl (C=O) groups excluding carboxylic acids is 1. The highest BCUT2D eigenvalue weighted by molar-refractivity contribution is 7.15. The topological polar surface area (TPSA) is 83.6 Å². The van der Waals surface area contributed by atoms with Crippen molar-refractivity contribution in [3.8, 4) is 0 Å². The van der Waals surface area contributed by atoms with Crippen molar-refractivity contribution in [1.29, 1.82) is 0 Å². The van der Waals surface area contributed by atoms with Gasteiger partial charge in [-0.15, -0.1) is 9.24 Å². The Morgan fingerprint density at radius 3 is 2.36 bits per heavy atom. The first-order valence-electron chi connectivity index (χ1n) is 8.09. The molecule has 0 radical (unpaired) electrons. The maximum atomic E-state index is 13.9. The summed E-state index contributed by atoms with van der Waals surface area (Å²) in [7, 11) is 2.42. The minimum atomic E-state index is -1.41. The van der Waals surface area contributed by atoms with Crippen LogP contribution in [0.15, 0.2) is 35.3 Å². The predicted molar refractivity (Wildman–Crippen MR) is 98.4 cm³/mol. The molecular formula is C17H27F2N2O3P. The Hall–Kier alpha value is -1.59. The second kappa shape index (κ2) is 11.1. The number of nitrogens with zero attached hydrogens (tertiary/aromatic N) is 1. The monoisotopic (exact) mass is 376 g/mol. The van der Waals surface area contributed by atoms with E-state index in [1.807, 2.05) is 20.5 Å². The fourth-order valence-electron chi connectivity index (χ4n) is 2.11. The van der Waals surface area contributed by atoms with E-state index in [4.69, 9.17) is 10.8 Å². The number of alkyl halides is 1. The fraction of sp³-hybridized carbons (Fsp3) is 0.529. The highest BCUT2D eigenvalue weighted by Gasteiger charge is 2.44. The van der Waals surface area contributed by atoms with Crippen molar-refractivity contribution in [2.75, 3.05) is 6.66 Å². The van der Waals surface area contributed by atoms with E-state index in [2.05, 4.69) is 9.24 Å². The summed E-state index contributed by atoms with van der Waals surface area (Å²) < 4.78 is 27.2. The summed E-state index contributed by atoms with van der Waals surface area (Å²) in [5.74, 6) is -2.70. The van der Waals surface area contributed by atoms with E-state index in [9.17, 15) is 18.4 Å². The van der Waals surface area contributed by atoms with Gasteiger partial charge in [0, 0.05) is 19.0 Å². The van der Waals surface area contributed by atoms with Gasteiger partial charge < -0.3 is 15.7 Å². The average molecular weight is 376 g/mol. The molecule has 1 aliphatic heterocycles. The third-order valence-electron chi connectivity index (χ3n) is 3.58. The number of hydrogen-bond acceptors (Lipinski definition) is 4. The van der Waals surface area contributed by atoms with Crippen LogP contribution in [0.5, 0.6) is 0 Å². The molecule has 2 rings (SSSR count). The van der Waals surface area contributed by atoms with Gasteiger partial charge in [0.1, 0.15) is 23.7 Å². The van der Waals surface area contributed by atoms with Gasteiger partial charge in [-0.25, -0.2) is 13.6 Å². The van der Waals surface area contributed by atoms with E-state index in [0.29, 0.717) is 0 Å². The van der Waals surface area contributed by atoms with Crippen LogP contribution in [0.2, 0.25) is 0 Å². The molecule has 0 saturated heterocycles. The van der Waals surface area contributed by atoms with Crippen LogP contribution >= 0.6 is 9.24 Å². The molecule has 25 heavy (non-hydrogen) atoms. The van der Waals surface area contributed by atoms with Crippen molar-refractivity contribution in [1.82, 2.24) is 4.90 Å². The third-order valence-corrected chi connectivity index (χ3v) is 3.58. The molecule has 4 atom stereocenters. The summed E-state index contributed by atoms with van der Waals surface area (Å²) in [5.41, 5.74) is 5.56. The molecule has 1 fully saturated rings. The van der Waals surface area contributed by atoms with Crippen LogP contribution in [0.25, 0.3) is 0 Å². The molecule has 1 saturated carbocycles. The number of allylic oxidation sites excluding steroid dienone is 3. The number of aliphatic carboxylic acids is 1. The molecule has 5 nitrogen and oxygen atoms in total. The summed E-state index contributed by atoms with van der Waals surface area (Å²) in [4.78, 5) is 24.3. The van der Waals surface area contributed by atoms with Gasteiger partial charge in [-0.3, -0.25) is 4.79 Å². The number of halogens is 2. The first-order chi connectivity index (χ1) is 11.8. The first-order valence-corrected chi connectivity index (χ1v) is 9.24. The zero-order valence-electron chi connectivity index (χ0n) is 15.0. The van der Waals surface area contributed by atoms with Gasteiger partial charge in [0.05, 0.1) is 6.04 Å². The molecule has 0 bridgehead atoms. The molecule has 8 heteroatoms. The second-order valence-corrected chi connectivity index (χ2v) is 5.12. The van der Waals surface area contributed by atoms with Gasteiger partial charge in [0.15, 0.2) is 5.78 Å². The predicted octanol–water partition coefficient (Wildman–Crippen LogP) is 2.94. The minimum absolute atomic E-state index is 0.153. The lowest BCUT2D eigenvalue weighted by Gasteiger charge is -2.29. The number of carbonyl (C=O) groups is 2. The molecule has 0 amide bonds. The molecular weight excluding hydrogens is 349 g/mol. The van der Waals surface area contributed by atoms with E-state index in [-0.39, 0.29) is 18.4 Å². The van der Waals surface area contributed by atoms with Crippen LogP contribution < -0.4 is 5.73 Å². The van der Waals surface area contributed by atoms with Crippen molar-refractivity contribution in [2.24, 2.45) is 5.73 Å². The normalized spacial score (nSPS) is 32.2. The van der Waals surface area contributed by atoms with E-state index in [1.54, 1.807) is 0 Å². The molecule has 0 aromatic rings. The molecule has 142 valence electrons. The van der Waals surface area contributed by atoms with Crippen LogP contribution in [0, 0.1) is 0 Å². The van der Waals surface area contributed by atoms with Gasteiger partial charge in [-0.2, -0.15) is 0 Å². The molecule has 2 aliphatic rings. The largest absolute Gasteiger partial charge is 0.478 e. The Bertz CT molecular complexity index is 576. The molecule has 0 spiro atoms. The van der Waals surface area contributed by atoms with E-state index in [0.717, 1.165) is 12.3 Å². The molecule has 3 unspecified atom stereocenters. The summed E-state index contributed by atoms with van der Waals surface area (Å²) in [6, 6.07) is -0.631. The molecule has 0 aromatic heterocycles. The van der Waals surface area contributed by atoms with Crippen molar-refractivity contribution in [3.05, 3.63) is 35.3 Å². The Kier molecular flexibility index (Phi) is 10.4. The van der Waals surface area contributed by atoms with Crippen molar-refractivity contribution in [3.63, 3.8) is 0 Å². The Balaban J connectivity index is 0.00000134. The lowest BCUT2D eigenvalue weighted by atomic mass is 10.1. The Labute approximate surface area is 149 Å². The zero-order valence-corrected chi connectivity index (χ0v) is 16.2. The summed E-state index contributed by atoms with van der Waals surface area (Å²) in [6.07, 6.45) is 1.11. The first kappa shape index (κ1) is 23.4. The van der Waals surface area contributed by atoms with Gasteiger partial charge in [0.25, 0.3) is 0 Å². The maximum Gasteiger partial charge on any atom is 0.340 e. The summed E-state index contributed by atoms with van der Waals surface area (Å²) in [6.45, 7) is 7.37.